The predicted octanol–water partition coefficient (Wildman–Crippen LogP) is 2.74. The number of nitrogens with one attached hydrogen (secondary N) is 2. The molecule has 2 aliphatic rings. The second kappa shape index (κ2) is 9.02. The first-order valence-corrected chi connectivity index (χ1v) is 11.9. The van der Waals surface area contributed by atoms with Gasteiger partial charge in [-0.2, -0.15) is 0 Å². The number of ether oxygens (including phenoxy) is 1. The van der Waals surface area contributed by atoms with E-state index in [0.29, 0.717) is 25.7 Å². The van der Waals surface area contributed by atoms with Crippen molar-refractivity contribution in [2.24, 2.45) is 5.92 Å². The molecule has 0 aromatic heterocycles. The summed E-state index contributed by atoms with van der Waals surface area (Å²) in [5.74, 6) is -0.0643. The minimum Gasteiger partial charge on any atom is -0.378 e. The van der Waals surface area contributed by atoms with Gasteiger partial charge in [-0.1, -0.05) is 0 Å². The van der Waals surface area contributed by atoms with Crippen molar-refractivity contribution in [1.82, 2.24) is 4.72 Å². The maximum absolute atomic E-state index is 12.6. The van der Waals surface area contributed by atoms with Crippen molar-refractivity contribution in [3.63, 3.8) is 0 Å². The molecule has 0 atom stereocenters. The predicted molar refractivity (Wildman–Crippen MR) is 116 cm³/mol. The van der Waals surface area contributed by atoms with Crippen molar-refractivity contribution in [2.45, 2.75) is 57.2 Å². The van der Waals surface area contributed by atoms with Crippen LogP contribution in [-0.2, 0) is 19.6 Å². The van der Waals surface area contributed by atoms with E-state index >= 15 is 0 Å². The lowest BCUT2D eigenvalue weighted by Gasteiger charge is -2.31. The summed E-state index contributed by atoms with van der Waals surface area (Å²) in [6.07, 6.45) is 2.75. The van der Waals surface area contributed by atoms with Gasteiger partial charge < -0.3 is 15.0 Å². The van der Waals surface area contributed by atoms with Crippen molar-refractivity contribution in [1.29, 1.82) is 0 Å². The minimum atomic E-state index is -3.36. The first-order chi connectivity index (χ1) is 13.7. The molecule has 1 saturated heterocycles. The lowest BCUT2D eigenvalue weighted by Crippen LogP contribution is -2.46. The SMILES string of the molecule is CC(C)(C)S(=O)(=O)NC1CCC(C(=O)Nc2ccc(N3CCOCC3)cc2)CC1. The molecule has 7 nitrogen and oxygen atoms in total. The van der Waals surface area contributed by atoms with Gasteiger partial charge in [0.1, 0.15) is 0 Å². The fourth-order valence-corrected chi connectivity index (χ4v) is 4.72. The Morgan fingerprint density at radius 2 is 1.62 bits per heavy atom. The summed E-state index contributed by atoms with van der Waals surface area (Å²) in [5, 5.41) is 3.01. The molecule has 1 aliphatic carbocycles. The largest absolute Gasteiger partial charge is 0.378 e. The third kappa shape index (κ3) is 5.71. The molecular weight excluding hydrogens is 390 g/mol. The highest BCUT2D eigenvalue weighted by molar-refractivity contribution is 7.90. The molecule has 8 heteroatoms. The van der Waals surface area contributed by atoms with Gasteiger partial charge in [0.2, 0.25) is 15.9 Å². The Bertz CT molecular complexity index is 788. The van der Waals surface area contributed by atoms with Crippen LogP contribution in [0, 0.1) is 5.92 Å². The molecule has 3 rings (SSSR count). The molecule has 1 amide bonds. The van der Waals surface area contributed by atoms with E-state index in [9.17, 15) is 13.2 Å². The van der Waals surface area contributed by atoms with Crippen LogP contribution in [0.4, 0.5) is 11.4 Å². The number of hydrogen-bond acceptors (Lipinski definition) is 5. The minimum absolute atomic E-state index is 0.0150. The van der Waals surface area contributed by atoms with Gasteiger partial charge in [0.25, 0.3) is 0 Å². The van der Waals surface area contributed by atoms with Gasteiger partial charge in [-0.3, -0.25) is 4.79 Å². The number of carbonyl (C=O) groups excluding carboxylic acids is 1. The summed E-state index contributed by atoms with van der Waals surface area (Å²) in [6, 6.07) is 7.84. The molecule has 0 radical (unpaired) electrons. The maximum Gasteiger partial charge on any atom is 0.227 e. The lowest BCUT2D eigenvalue weighted by atomic mass is 9.86. The van der Waals surface area contributed by atoms with Crippen LogP contribution >= 0.6 is 0 Å². The molecule has 1 heterocycles. The Labute approximate surface area is 174 Å². The summed E-state index contributed by atoms with van der Waals surface area (Å²) >= 11 is 0. The second-order valence-corrected chi connectivity index (χ2v) is 11.4. The van der Waals surface area contributed by atoms with E-state index < -0.39 is 14.8 Å². The van der Waals surface area contributed by atoms with E-state index in [4.69, 9.17) is 4.74 Å². The lowest BCUT2D eigenvalue weighted by molar-refractivity contribution is -0.120. The van der Waals surface area contributed by atoms with Gasteiger partial charge in [0, 0.05) is 36.4 Å². The zero-order valence-corrected chi connectivity index (χ0v) is 18.4. The van der Waals surface area contributed by atoms with Crippen LogP contribution in [0.5, 0.6) is 0 Å². The average molecular weight is 424 g/mol. The summed E-state index contributed by atoms with van der Waals surface area (Å²) < 4.78 is 32.0. The van der Waals surface area contributed by atoms with Crippen LogP contribution in [0.1, 0.15) is 46.5 Å². The molecule has 0 bridgehead atoms. The first kappa shape index (κ1) is 22.1. The Balaban J connectivity index is 1.48. The quantitative estimate of drug-likeness (QED) is 0.760. The van der Waals surface area contributed by atoms with Crippen LogP contribution < -0.4 is 14.9 Å². The summed E-state index contributed by atoms with van der Waals surface area (Å²) in [6.45, 7) is 8.33. The average Bonchev–Trinajstić information content (AvgIpc) is 2.68. The Kier molecular flexibility index (Phi) is 6.86. The van der Waals surface area contributed by atoms with Crippen LogP contribution in [0.15, 0.2) is 24.3 Å². The van der Waals surface area contributed by atoms with Gasteiger partial charge >= 0.3 is 0 Å². The normalized spacial score (nSPS) is 23.6. The number of rotatable bonds is 5. The third-order valence-electron chi connectivity index (χ3n) is 5.74. The van der Waals surface area contributed by atoms with Crippen molar-refractivity contribution in [2.75, 3.05) is 36.5 Å². The monoisotopic (exact) mass is 423 g/mol. The van der Waals surface area contributed by atoms with Crippen LogP contribution in [0.3, 0.4) is 0 Å². The molecule has 1 aromatic carbocycles. The topological polar surface area (TPSA) is 87.7 Å². The number of sulfonamides is 1. The van der Waals surface area contributed by atoms with E-state index in [1.165, 1.54) is 0 Å². The summed E-state index contributed by atoms with van der Waals surface area (Å²) in [4.78, 5) is 14.9. The molecule has 29 heavy (non-hydrogen) atoms. The second-order valence-electron chi connectivity index (χ2n) is 8.92. The molecule has 0 spiro atoms. The fourth-order valence-electron chi connectivity index (χ4n) is 3.69. The highest BCUT2D eigenvalue weighted by atomic mass is 32.2. The number of carbonyl (C=O) groups is 1. The number of nitrogens with zero attached hydrogens (tertiary/aromatic N) is 1. The third-order valence-corrected chi connectivity index (χ3v) is 7.99. The van der Waals surface area contributed by atoms with Crippen LogP contribution in [-0.4, -0.2) is 51.4 Å². The Hall–Kier alpha value is -1.64. The Morgan fingerprint density at radius 3 is 2.17 bits per heavy atom. The standard InChI is InChI=1S/C21H33N3O4S/c1-21(2,3)29(26,27)23-18-6-4-16(5-7-18)20(25)22-17-8-10-19(11-9-17)24-12-14-28-15-13-24/h8-11,16,18,23H,4-7,12-15H2,1-3H3,(H,22,25). The van der Waals surface area contributed by atoms with E-state index in [-0.39, 0.29) is 17.9 Å². The molecule has 2 N–H and O–H groups in total. The first-order valence-electron chi connectivity index (χ1n) is 10.4. The summed E-state index contributed by atoms with van der Waals surface area (Å²) in [5.41, 5.74) is 1.93. The van der Waals surface area contributed by atoms with Crippen molar-refractivity contribution >= 4 is 27.3 Å². The smallest absolute Gasteiger partial charge is 0.227 e. The summed E-state index contributed by atoms with van der Waals surface area (Å²) in [7, 11) is -3.36. The molecule has 1 aromatic rings. The van der Waals surface area contributed by atoms with Gasteiger partial charge in [0.05, 0.1) is 18.0 Å². The highest BCUT2D eigenvalue weighted by Gasteiger charge is 2.34. The highest BCUT2D eigenvalue weighted by Crippen LogP contribution is 2.28. The number of anilines is 2. The maximum atomic E-state index is 12.6. The molecular formula is C21H33N3O4S. The van der Waals surface area contributed by atoms with Gasteiger partial charge in [-0.25, -0.2) is 13.1 Å². The zero-order chi connectivity index (χ0) is 21.1. The van der Waals surface area contributed by atoms with Gasteiger partial charge in [-0.15, -0.1) is 0 Å². The molecule has 0 unspecified atom stereocenters. The van der Waals surface area contributed by atoms with Crippen LogP contribution in [0.2, 0.25) is 0 Å². The Morgan fingerprint density at radius 1 is 1.03 bits per heavy atom. The van der Waals surface area contributed by atoms with Crippen molar-refractivity contribution in [3.8, 4) is 0 Å². The van der Waals surface area contributed by atoms with Gasteiger partial charge in [0.15, 0.2) is 0 Å². The number of hydrogen-bond donors (Lipinski definition) is 2. The van der Waals surface area contributed by atoms with Gasteiger partial charge in [-0.05, 0) is 70.7 Å². The number of amides is 1. The number of morpholine rings is 1. The molecule has 1 aliphatic heterocycles. The van der Waals surface area contributed by atoms with Crippen LogP contribution in [0.25, 0.3) is 0 Å². The molecule has 2 fully saturated rings. The molecule has 1 saturated carbocycles. The number of benzene rings is 1. The zero-order valence-electron chi connectivity index (χ0n) is 17.6. The van der Waals surface area contributed by atoms with E-state index in [1.807, 2.05) is 24.3 Å². The van der Waals surface area contributed by atoms with E-state index in [0.717, 1.165) is 37.7 Å². The van der Waals surface area contributed by atoms with Crippen molar-refractivity contribution in [3.05, 3.63) is 24.3 Å². The van der Waals surface area contributed by atoms with Crippen molar-refractivity contribution < 1.29 is 17.9 Å². The van der Waals surface area contributed by atoms with E-state index in [1.54, 1.807) is 20.8 Å². The fraction of sp³-hybridized carbons (Fsp3) is 0.667. The molecule has 162 valence electrons. The van der Waals surface area contributed by atoms with E-state index in [2.05, 4.69) is 14.9 Å².